The van der Waals surface area contributed by atoms with Gasteiger partial charge in [-0.2, -0.15) is 0 Å². The van der Waals surface area contributed by atoms with Crippen LogP contribution in [0.25, 0.3) is 11.0 Å². The predicted molar refractivity (Wildman–Crippen MR) is 107 cm³/mol. The lowest BCUT2D eigenvalue weighted by Gasteiger charge is -2.26. The van der Waals surface area contributed by atoms with Gasteiger partial charge < -0.3 is 29.3 Å². The lowest BCUT2D eigenvalue weighted by Crippen LogP contribution is -2.50. The average Bonchev–Trinajstić information content (AvgIpc) is 3.02. The van der Waals surface area contributed by atoms with Crippen molar-refractivity contribution >= 4 is 28.9 Å². The van der Waals surface area contributed by atoms with Crippen LogP contribution in [0, 0.1) is 6.92 Å². The van der Waals surface area contributed by atoms with Crippen LogP contribution in [0.2, 0.25) is 0 Å². The van der Waals surface area contributed by atoms with Crippen LogP contribution in [0.5, 0.6) is 5.75 Å². The van der Waals surface area contributed by atoms with Crippen molar-refractivity contribution in [1.82, 2.24) is 10.6 Å². The van der Waals surface area contributed by atoms with E-state index in [4.69, 9.17) is 18.6 Å². The summed E-state index contributed by atoms with van der Waals surface area (Å²) in [5.74, 6) is -0.584. The van der Waals surface area contributed by atoms with Gasteiger partial charge in [0.1, 0.15) is 17.9 Å². The molecule has 2 aromatic rings. The van der Waals surface area contributed by atoms with E-state index in [-0.39, 0.29) is 30.2 Å². The fourth-order valence-corrected chi connectivity index (χ4v) is 3.25. The second-order valence-corrected chi connectivity index (χ2v) is 6.66. The van der Waals surface area contributed by atoms with E-state index < -0.39 is 24.0 Å². The van der Waals surface area contributed by atoms with Crippen LogP contribution in [-0.2, 0) is 14.3 Å². The Balaban J connectivity index is 1.83. The van der Waals surface area contributed by atoms with Crippen molar-refractivity contribution in [2.45, 2.75) is 33.7 Å². The molecule has 0 spiro atoms. The summed E-state index contributed by atoms with van der Waals surface area (Å²) in [5.41, 5.74) is 1.51. The van der Waals surface area contributed by atoms with Gasteiger partial charge in [-0.25, -0.2) is 14.4 Å². The number of hydrogen-bond acceptors (Lipinski definition) is 7. The predicted octanol–water partition coefficient (Wildman–Crippen LogP) is 2.82. The second-order valence-electron chi connectivity index (χ2n) is 6.66. The Morgan fingerprint density at radius 3 is 2.60 bits per heavy atom. The van der Waals surface area contributed by atoms with Crippen LogP contribution in [-0.4, -0.2) is 43.8 Å². The number of furan rings is 1. The first-order chi connectivity index (χ1) is 14.3. The number of fused-ring (bicyclic) bond motifs is 1. The Kier molecular flexibility index (Phi) is 6.29. The summed E-state index contributed by atoms with van der Waals surface area (Å²) >= 11 is 0. The van der Waals surface area contributed by atoms with Crippen molar-refractivity contribution in [3.05, 3.63) is 40.8 Å². The molecule has 0 fully saturated rings. The van der Waals surface area contributed by atoms with Gasteiger partial charge in [-0.05, 0) is 45.9 Å². The molecule has 0 saturated carbocycles. The third-order valence-electron chi connectivity index (χ3n) is 4.62. The smallest absolute Gasteiger partial charge is 0.374 e. The Bertz CT molecular complexity index is 1020. The number of amides is 2. The topological polar surface area (TPSA) is 116 Å². The van der Waals surface area contributed by atoms with Crippen molar-refractivity contribution in [2.75, 3.05) is 19.8 Å². The Morgan fingerprint density at radius 2 is 1.90 bits per heavy atom. The lowest BCUT2D eigenvalue weighted by molar-refractivity contribution is -0.139. The van der Waals surface area contributed by atoms with Crippen LogP contribution >= 0.6 is 0 Å². The highest BCUT2D eigenvalue weighted by molar-refractivity contribution is 5.97. The molecule has 0 radical (unpaired) electrons. The molecule has 1 aliphatic heterocycles. The van der Waals surface area contributed by atoms with Gasteiger partial charge in [0, 0.05) is 10.9 Å². The molecule has 2 heterocycles. The number of nitrogens with one attached hydrogen (secondary N) is 2. The first kappa shape index (κ1) is 21.2. The number of esters is 2. The molecule has 9 nitrogen and oxygen atoms in total. The number of urea groups is 1. The number of carbonyl (C=O) groups excluding carboxylic acids is 3. The zero-order valence-electron chi connectivity index (χ0n) is 17.3. The number of ether oxygens (including phenoxy) is 3. The zero-order valence-corrected chi connectivity index (χ0v) is 17.3. The van der Waals surface area contributed by atoms with Crippen LogP contribution in [0.3, 0.4) is 0 Å². The van der Waals surface area contributed by atoms with Crippen molar-refractivity contribution in [3.8, 4) is 5.75 Å². The SMILES string of the molecule is CCOC(=O)C1=C(COC(=O)c2oc3ccc(OCC)cc3c2C)NC(=O)N[C@@H]1C. The number of hydrogen-bond donors (Lipinski definition) is 2. The maximum absolute atomic E-state index is 12.6. The highest BCUT2D eigenvalue weighted by atomic mass is 16.5. The molecule has 2 amide bonds. The number of rotatable bonds is 7. The Morgan fingerprint density at radius 1 is 1.13 bits per heavy atom. The summed E-state index contributed by atoms with van der Waals surface area (Å²) in [4.78, 5) is 36.7. The first-order valence-electron chi connectivity index (χ1n) is 9.66. The highest BCUT2D eigenvalue weighted by Crippen LogP contribution is 2.29. The van der Waals surface area contributed by atoms with Gasteiger partial charge in [0.25, 0.3) is 0 Å². The molecule has 3 rings (SSSR count). The van der Waals surface area contributed by atoms with E-state index in [9.17, 15) is 14.4 Å². The third kappa shape index (κ3) is 4.24. The molecular weight excluding hydrogens is 392 g/mol. The molecular formula is C21H24N2O7. The summed E-state index contributed by atoms with van der Waals surface area (Å²) in [5, 5.41) is 5.83. The van der Waals surface area contributed by atoms with E-state index >= 15 is 0 Å². The van der Waals surface area contributed by atoms with Crippen LogP contribution in [0.4, 0.5) is 4.79 Å². The molecule has 0 aliphatic carbocycles. The fraction of sp³-hybridized carbons (Fsp3) is 0.381. The molecule has 1 aromatic heterocycles. The van der Waals surface area contributed by atoms with Gasteiger partial charge in [-0.15, -0.1) is 0 Å². The largest absolute Gasteiger partial charge is 0.494 e. The number of carbonyl (C=O) groups is 3. The van der Waals surface area contributed by atoms with Gasteiger partial charge in [-0.1, -0.05) is 0 Å². The molecule has 0 saturated heterocycles. The molecule has 2 N–H and O–H groups in total. The lowest BCUT2D eigenvalue weighted by atomic mass is 10.0. The summed E-state index contributed by atoms with van der Waals surface area (Å²) in [6.45, 7) is 7.34. The number of benzene rings is 1. The standard InChI is InChI=1S/C21H24N2O7/c1-5-27-13-7-8-16-14(9-13)11(3)18(30-16)20(25)29-10-15-17(19(24)28-6-2)12(4)22-21(26)23-15/h7-9,12H,5-6,10H2,1-4H3,(H2,22,23,26)/t12-/m1/s1. The molecule has 1 aromatic carbocycles. The maximum atomic E-state index is 12.6. The monoisotopic (exact) mass is 416 g/mol. The zero-order chi connectivity index (χ0) is 21.8. The molecule has 1 aliphatic rings. The Hall–Kier alpha value is -3.49. The molecule has 30 heavy (non-hydrogen) atoms. The van der Waals surface area contributed by atoms with E-state index in [2.05, 4.69) is 10.6 Å². The van der Waals surface area contributed by atoms with Gasteiger partial charge in [0.05, 0.1) is 30.5 Å². The summed E-state index contributed by atoms with van der Waals surface area (Å²) < 4.78 is 21.5. The normalized spacial score (nSPS) is 16.1. The molecule has 9 heteroatoms. The summed E-state index contributed by atoms with van der Waals surface area (Å²) in [6, 6.07) is 4.19. The van der Waals surface area contributed by atoms with Gasteiger partial charge in [0.15, 0.2) is 0 Å². The Labute approximate surface area is 173 Å². The molecule has 0 bridgehead atoms. The second kappa shape index (κ2) is 8.89. The molecule has 1 atom stereocenters. The highest BCUT2D eigenvalue weighted by Gasteiger charge is 2.31. The quantitative estimate of drug-likeness (QED) is 0.667. The molecule has 160 valence electrons. The van der Waals surface area contributed by atoms with Gasteiger partial charge >= 0.3 is 18.0 Å². The van der Waals surface area contributed by atoms with Crippen molar-refractivity contribution < 1.29 is 33.0 Å². The van der Waals surface area contributed by atoms with Crippen LogP contribution in [0.1, 0.15) is 36.9 Å². The van der Waals surface area contributed by atoms with E-state index in [1.807, 2.05) is 6.92 Å². The van der Waals surface area contributed by atoms with E-state index in [0.29, 0.717) is 23.5 Å². The maximum Gasteiger partial charge on any atom is 0.374 e. The first-order valence-corrected chi connectivity index (χ1v) is 9.66. The molecule has 0 unspecified atom stereocenters. The number of aryl methyl sites for hydroxylation is 1. The van der Waals surface area contributed by atoms with Crippen molar-refractivity contribution in [3.63, 3.8) is 0 Å². The average molecular weight is 416 g/mol. The van der Waals surface area contributed by atoms with E-state index in [1.165, 1.54) is 0 Å². The minimum atomic E-state index is -0.710. The van der Waals surface area contributed by atoms with E-state index in [0.717, 1.165) is 5.39 Å². The van der Waals surface area contributed by atoms with Crippen LogP contribution in [0.15, 0.2) is 33.9 Å². The van der Waals surface area contributed by atoms with Gasteiger partial charge in [0.2, 0.25) is 5.76 Å². The third-order valence-corrected chi connectivity index (χ3v) is 4.62. The van der Waals surface area contributed by atoms with Crippen molar-refractivity contribution in [1.29, 1.82) is 0 Å². The fourth-order valence-electron chi connectivity index (χ4n) is 3.25. The van der Waals surface area contributed by atoms with Crippen molar-refractivity contribution in [2.24, 2.45) is 0 Å². The summed E-state index contributed by atoms with van der Waals surface area (Å²) in [7, 11) is 0. The minimum absolute atomic E-state index is 0.0465. The summed E-state index contributed by atoms with van der Waals surface area (Å²) in [6.07, 6.45) is 0. The van der Waals surface area contributed by atoms with Gasteiger partial charge in [-0.3, -0.25) is 0 Å². The minimum Gasteiger partial charge on any atom is -0.494 e. The van der Waals surface area contributed by atoms with Crippen LogP contribution < -0.4 is 15.4 Å². The van der Waals surface area contributed by atoms with E-state index in [1.54, 1.807) is 39.0 Å².